The zero-order valence-corrected chi connectivity index (χ0v) is 32.6. The van der Waals surface area contributed by atoms with E-state index in [2.05, 4.69) is 26.6 Å². The molecule has 0 bridgehead atoms. The quantitative estimate of drug-likeness (QED) is 0.125. The topological polar surface area (TPSA) is 175 Å². The van der Waals surface area contributed by atoms with E-state index in [1.807, 2.05) is 82.3 Å². The first-order valence-electron chi connectivity index (χ1n) is 17.4. The fraction of sp³-hybridized carbons (Fsp3) is 0.400. The van der Waals surface area contributed by atoms with Crippen LogP contribution in [0, 0.1) is 27.7 Å². The number of halogens is 2. The van der Waals surface area contributed by atoms with E-state index in [1.165, 1.54) is 17.4 Å². The number of piperidine rings is 2. The summed E-state index contributed by atoms with van der Waals surface area (Å²) in [6, 6.07) is 19.2. The Balaban J connectivity index is 0.000000840. The van der Waals surface area contributed by atoms with Crippen molar-refractivity contribution in [3.8, 4) is 0 Å². The molecule has 2 aromatic carbocycles. The van der Waals surface area contributed by atoms with Crippen LogP contribution in [0.5, 0.6) is 0 Å². The van der Waals surface area contributed by atoms with Crippen molar-refractivity contribution in [3.63, 3.8) is 0 Å². The van der Waals surface area contributed by atoms with Gasteiger partial charge in [-0.3, -0.25) is 4.79 Å². The first-order valence-corrected chi connectivity index (χ1v) is 18.5. The maximum absolute atomic E-state index is 12.4. The Bertz CT molecular complexity index is 1690. The van der Waals surface area contributed by atoms with Crippen LogP contribution in [0.2, 0.25) is 0 Å². The molecule has 6 rings (SSSR count). The Labute approximate surface area is 335 Å². The van der Waals surface area contributed by atoms with E-state index < -0.39 is 0 Å². The van der Waals surface area contributed by atoms with Crippen molar-refractivity contribution in [3.05, 3.63) is 107 Å². The van der Waals surface area contributed by atoms with Crippen molar-refractivity contribution in [2.75, 3.05) is 42.2 Å². The van der Waals surface area contributed by atoms with Crippen LogP contribution >= 0.6 is 23.2 Å². The molecule has 2 fully saturated rings. The molecular weight excluding hydrogens is 747 g/mol. The van der Waals surface area contributed by atoms with Gasteiger partial charge in [-0.1, -0.05) is 42.8 Å². The van der Waals surface area contributed by atoms with Gasteiger partial charge in [-0.2, -0.15) is 9.59 Å². The molecule has 0 spiro atoms. The minimum Gasteiger partial charge on any atom is -0.472 e. The molecule has 4 heterocycles. The zero-order valence-electron chi connectivity index (χ0n) is 31.1. The summed E-state index contributed by atoms with van der Waals surface area (Å²) >= 11 is 9.53. The highest BCUT2D eigenvalue weighted by molar-refractivity contribution is 6.40. The number of amides is 5. The molecule has 55 heavy (non-hydrogen) atoms. The first-order chi connectivity index (χ1) is 26.0. The average molecular weight is 805 g/mol. The Morgan fingerprint density at radius 3 is 1.56 bits per heavy atom. The van der Waals surface area contributed by atoms with Gasteiger partial charge in [0.05, 0.1) is 24.1 Å². The molecule has 2 aromatic heterocycles. The summed E-state index contributed by atoms with van der Waals surface area (Å²) in [6.07, 6.45) is 8.61. The highest BCUT2D eigenvalue weighted by Crippen LogP contribution is 2.17. The van der Waals surface area contributed by atoms with E-state index in [0.29, 0.717) is 24.9 Å². The van der Waals surface area contributed by atoms with Crippen molar-refractivity contribution >= 4 is 58.7 Å². The van der Waals surface area contributed by atoms with Crippen LogP contribution in [-0.2, 0) is 9.59 Å². The summed E-state index contributed by atoms with van der Waals surface area (Å²) in [6.45, 7) is 11.1. The van der Waals surface area contributed by atoms with E-state index in [9.17, 15) is 14.4 Å². The second kappa shape index (κ2) is 27.5. The molecular formula is C40H56Cl2N6O7. The molecule has 5 N–H and O–H groups in total. The smallest absolute Gasteiger partial charge is 0.373 e. The van der Waals surface area contributed by atoms with Crippen molar-refractivity contribution in [2.24, 2.45) is 0 Å². The van der Waals surface area contributed by atoms with Crippen LogP contribution < -0.4 is 26.6 Å². The minimum atomic E-state index is -0.212. The number of anilines is 2. The van der Waals surface area contributed by atoms with Crippen LogP contribution in [0.1, 0.15) is 67.3 Å². The lowest BCUT2D eigenvalue weighted by Gasteiger charge is -2.32. The zero-order chi connectivity index (χ0) is 39.7. The lowest BCUT2D eigenvalue weighted by Crippen LogP contribution is -2.47. The number of furan rings is 2. The monoisotopic (exact) mass is 803 g/mol. The van der Waals surface area contributed by atoms with E-state index >= 15 is 0 Å². The van der Waals surface area contributed by atoms with Gasteiger partial charge in [-0.15, -0.1) is 23.2 Å². The lowest BCUT2D eigenvalue weighted by molar-refractivity contribution is -0.191. The number of likely N-dealkylation sites (tertiary alicyclic amines) is 1. The van der Waals surface area contributed by atoms with Crippen LogP contribution in [0.4, 0.5) is 21.0 Å². The Kier molecular flexibility index (Phi) is 24.0. The van der Waals surface area contributed by atoms with Crippen molar-refractivity contribution in [2.45, 2.75) is 72.9 Å². The van der Waals surface area contributed by atoms with Crippen LogP contribution in [0.3, 0.4) is 0 Å². The Morgan fingerprint density at radius 1 is 0.745 bits per heavy atom. The maximum Gasteiger partial charge on any atom is 0.373 e. The molecule has 0 atom stereocenters. The van der Waals surface area contributed by atoms with Crippen LogP contribution in [-0.4, -0.2) is 72.6 Å². The first kappa shape index (κ1) is 48.0. The third-order valence-corrected chi connectivity index (χ3v) is 8.13. The molecule has 13 nitrogen and oxygen atoms in total. The van der Waals surface area contributed by atoms with Gasteiger partial charge in [0.1, 0.15) is 0 Å². The van der Waals surface area contributed by atoms with Crippen LogP contribution in [0.25, 0.3) is 0 Å². The largest absolute Gasteiger partial charge is 0.472 e. The predicted molar refractivity (Wildman–Crippen MR) is 219 cm³/mol. The third kappa shape index (κ3) is 19.7. The molecule has 2 aliphatic rings. The summed E-state index contributed by atoms with van der Waals surface area (Å²) in [7, 11) is 0. The minimum absolute atomic E-state index is 0. The third-order valence-electron chi connectivity index (χ3n) is 8.13. The second-order valence-corrected chi connectivity index (χ2v) is 13.2. The van der Waals surface area contributed by atoms with E-state index in [4.69, 9.17) is 41.6 Å². The molecule has 0 saturated carbocycles. The molecule has 2 aliphatic heterocycles. The highest BCUT2D eigenvalue weighted by Gasteiger charge is 2.27. The number of benzene rings is 2. The number of hydrogen-bond acceptors (Lipinski definition) is 8. The Hall–Kier alpha value is -5.07. The number of nitrogens with zero attached hydrogens (tertiary/aromatic N) is 1. The average Bonchev–Trinajstić information content (AvgIpc) is 3.82. The molecule has 0 aliphatic carbocycles. The van der Waals surface area contributed by atoms with Gasteiger partial charge in [0.2, 0.25) is 0 Å². The second-order valence-electron chi connectivity index (χ2n) is 12.4. The molecule has 302 valence electrons. The number of carbonyl (C=O) groups excluding carboxylic acids is 5. The van der Waals surface area contributed by atoms with Gasteiger partial charge < -0.3 is 40.3 Å². The number of alkyl halides is 2. The fourth-order valence-corrected chi connectivity index (χ4v) is 5.24. The standard InChI is InChI=1S/C19H23N3O3.C13H19N3O.C5H6O.CH2Cl2.CO2.CH4.H2/c1-13-3-5-15(6-4-13)20-19(24)21-16-7-10-22(11-8-16)18(23)17-14(2)9-12-25-17;1-10-2-4-11(5-3-10)15-13(17)16-12-6-8-14-9-7-12;1-5-2-3-6-4-5;2*2-1-3;;/h3-6,9,12,16H,7-8,10-11H2,1-2H3,(H2,20,21,24);2-5,12,14H,6-9H2,1H3,(H2,15,16,17);2-4H,1H3;1H2;;1H4;1H/i;;;;;;1+1. The predicted octanol–water partition coefficient (Wildman–Crippen LogP) is 8.50. The summed E-state index contributed by atoms with van der Waals surface area (Å²) in [5.74, 6) is 0.327. The molecule has 5 amide bonds. The van der Waals surface area contributed by atoms with Crippen molar-refractivity contribution in [1.29, 1.82) is 0 Å². The summed E-state index contributed by atoms with van der Waals surface area (Å²) < 4.78 is 9.99. The number of urea groups is 2. The number of rotatable bonds is 5. The van der Waals surface area contributed by atoms with Gasteiger partial charge in [-0.25, -0.2) is 9.59 Å². The van der Waals surface area contributed by atoms with Crippen LogP contribution in [0.15, 0.2) is 88.3 Å². The highest BCUT2D eigenvalue weighted by atomic mass is 35.5. The molecule has 0 unspecified atom stereocenters. The molecule has 15 heteroatoms. The summed E-state index contributed by atoms with van der Waals surface area (Å²) in [5, 5.41) is 15.1. The maximum atomic E-state index is 12.4. The van der Waals surface area contributed by atoms with Gasteiger partial charge >= 0.3 is 18.2 Å². The number of carbonyl (C=O) groups is 3. The Morgan fingerprint density at radius 2 is 1.20 bits per heavy atom. The van der Waals surface area contributed by atoms with Gasteiger partial charge in [-0.05, 0) is 108 Å². The van der Waals surface area contributed by atoms with Crippen molar-refractivity contribution in [1.82, 2.24) is 20.9 Å². The van der Waals surface area contributed by atoms with E-state index in [1.54, 1.807) is 23.5 Å². The lowest BCUT2D eigenvalue weighted by atomic mass is 10.0. The van der Waals surface area contributed by atoms with Gasteiger partial charge in [0.15, 0.2) is 5.76 Å². The number of aryl methyl sites for hydroxylation is 4. The molecule has 2 saturated heterocycles. The molecule has 0 radical (unpaired) electrons. The number of nitrogens with one attached hydrogen (secondary N) is 5. The fourth-order valence-electron chi connectivity index (χ4n) is 5.24. The van der Waals surface area contributed by atoms with Gasteiger partial charge in [0.25, 0.3) is 5.91 Å². The number of hydrogen-bond donors (Lipinski definition) is 5. The summed E-state index contributed by atoms with van der Waals surface area (Å²) in [4.78, 5) is 54.3. The van der Waals surface area contributed by atoms with E-state index in [0.717, 1.165) is 61.3 Å². The normalized spacial score (nSPS) is 13.4. The SMILES string of the molecule is C.Cc1ccc(NC(=O)NC2CCN(C(=O)c3occc3C)CC2)cc1.Cc1ccc(NC(=O)NC2CCNCC2)cc1.Cc1ccoc1.ClCCl.O=C=O.[2HH]. The summed E-state index contributed by atoms with van der Waals surface area (Å²) in [5.41, 5.74) is 5.97. The van der Waals surface area contributed by atoms with E-state index in [-0.39, 0.29) is 44.4 Å². The van der Waals surface area contributed by atoms with Crippen molar-refractivity contribution < 1.29 is 34.2 Å². The van der Waals surface area contributed by atoms with Gasteiger partial charge in [0, 0.05) is 43.5 Å². The molecule has 4 aromatic rings.